The number of carbonyl (C=O) groups is 1. The van der Waals surface area contributed by atoms with Crippen LogP contribution in [0.25, 0.3) is 11.4 Å². The Bertz CT molecular complexity index is 774. The van der Waals surface area contributed by atoms with E-state index in [0.29, 0.717) is 18.1 Å². The van der Waals surface area contributed by atoms with Gasteiger partial charge in [0.05, 0.1) is 13.2 Å². The number of aromatic nitrogens is 2. The molecule has 1 aliphatic carbocycles. The van der Waals surface area contributed by atoms with Gasteiger partial charge in [-0.3, -0.25) is 9.63 Å². The van der Waals surface area contributed by atoms with Crippen LogP contribution in [-0.2, 0) is 22.4 Å². The largest absolute Gasteiger partial charge is 0.471 e. The van der Waals surface area contributed by atoms with E-state index in [1.165, 1.54) is 5.06 Å². The summed E-state index contributed by atoms with van der Waals surface area (Å²) in [6.07, 6.45) is -3.82. The van der Waals surface area contributed by atoms with E-state index in [-0.39, 0.29) is 24.2 Å². The highest BCUT2D eigenvalue weighted by Gasteiger charge is 2.42. The van der Waals surface area contributed by atoms with Gasteiger partial charge in [-0.25, -0.2) is 5.06 Å². The maximum absolute atomic E-state index is 12.5. The zero-order valence-electron chi connectivity index (χ0n) is 14.3. The Kier molecular flexibility index (Phi) is 4.99. The number of rotatable bonds is 6. The maximum atomic E-state index is 12.5. The fourth-order valence-electron chi connectivity index (χ4n) is 2.58. The minimum atomic E-state index is -4.68. The topological polar surface area (TPSA) is 68.5 Å². The molecule has 1 heterocycles. The lowest BCUT2D eigenvalue weighted by atomic mass is 10.1. The molecule has 0 radical (unpaired) electrons. The molecule has 140 valence electrons. The molecule has 2 aromatic rings. The third-order valence-corrected chi connectivity index (χ3v) is 4.16. The van der Waals surface area contributed by atoms with Crippen molar-refractivity contribution in [3.05, 3.63) is 35.7 Å². The number of carbonyl (C=O) groups excluding carboxylic acids is 1. The first-order valence-corrected chi connectivity index (χ1v) is 8.24. The third kappa shape index (κ3) is 4.04. The zero-order chi connectivity index (χ0) is 18.9. The molecule has 0 saturated heterocycles. The molecule has 2 unspecified atom stereocenters. The van der Waals surface area contributed by atoms with E-state index < -0.39 is 12.1 Å². The summed E-state index contributed by atoms with van der Waals surface area (Å²) >= 11 is 0. The molecular formula is C17H18F3N3O3. The molecule has 0 N–H and O–H groups in total. The molecule has 1 aromatic heterocycles. The van der Waals surface area contributed by atoms with Crippen molar-refractivity contribution in [2.45, 2.75) is 33.0 Å². The van der Waals surface area contributed by atoms with Gasteiger partial charge in [-0.1, -0.05) is 36.3 Å². The molecule has 0 bridgehead atoms. The fraction of sp³-hybridized carbons (Fsp3) is 0.471. The van der Waals surface area contributed by atoms with Crippen LogP contribution in [0.4, 0.5) is 13.2 Å². The van der Waals surface area contributed by atoms with Crippen LogP contribution in [0.1, 0.15) is 31.7 Å². The molecule has 6 nitrogen and oxygen atoms in total. The van der Waals surface area contributed by atoms with Crippen LogP contribution in [0, 0.1) is 11.8 Å². The first-order chi connectivity index (χ1) is 12.3. The minimum Gasteiger partial charge on any atom is -0.329 e. The highest BCUT2D eigenvalue weighted by Crippen LogP contribution is 2.39. The molecule has 1 aliphatic rings. The molecular weight excluding hydrogens is 351 g/mol. The second-order valence-electron chi connectivity index (χ2n) is 6.23. The Hall–Kier alpha value is -2.42. The van der Waals surface area contributed by atoms with Crippen LogP contribution in [-0.4, -0.2) is 27.7 Å². The van der Waals surface area contributed by atoms with Gasteiger partial charge in [0.1, 0.15) is 0 Å². The van der Waals surface area contributed by atoms with Crippen LogP contribution in [0.5, 0.6) is 0 Å². The van der Waals surface area contributed by atoms with E-state index in [4.69, 9.17) is 4.84 Å². The first kappa shape index (κ1) is 18.4. The number of hydrogen-bond acceptors (Lipinski definition) is 5. The van der Waals surface area contributed by atoms with Gasteiger partial charge in [0, 0.05) is 11.5 Å². The van der Waals surface area contributed by atoms with Gasteiger partial charge in [0.25, 0.3) is 0 Å². The average molecular weight is 369 g/mol. The van der Waals surface area contributed by atoms with Crippen molar-refractivity contribution in [2.75, 3.05) is 6.61 Å². The molecule has 26 heavy (non-hydrogen) atoms. The lowest BCUT2D eigenvalue weighted by molar-refractivity contribution is -0.190. The summed E-state index contributed by atoms with van der Waals surface area (Å²) < 4.78 is 41.8. The van der Waals surface area contributed by atoms with Crippen molar-refractivity contribution in [3.8, 4) is 11.4 Å². The Balaban J connectivity index is 1.70. The van der Waals surface area contributed by atoms with Crippen LogP contribution < -0.4 is 0 Å². The molecule has 1 saturated carbocycles. The summed E-state index contributed by atoms with van der Waals surface area (Å²) in [6, 6.07) is 6.53. The van der Waals surface area contributed by atoms with E-state index in [9.17, 15) is 18.0 Å². The second kappa shape index (κ2) is 7.06. The number of alkyl halides is 3. The summed E-state index contributed by atoms with van der Waals surface area (Å²) in [7, 11) is 0. The lowest BCUT2D eigenvalue weighted by Gasteiger charge is -2.21. The van der Waals surface area contributed by atoms with Crippen LogP contribution in [0.3, 0.4) is 0 Å². The van der Waals surface area contributed by atoms with Crippen molar-refractivity contribution >= 4 is 5.91 Å². The number of hydroxylamine groups is 2. The van der Waals surface area contributed by atoms with E-state index in [1.807, 2.05) is 6.92 Å². The summed E-state index contributed by atoms with van der Waals surface area (Å²) in [5.74, 6) is -1.21. The molecule has 1 aromatic carbocycles. The molecule has 3 rings (SSSR count). The fourth-order valence-corrected chi connectivity index (χ4v) is 2.58. The molecule has 2 atom stereocenters. The predicted octanol–water partition coefficient (Wildman–Crippen LogP) is 3.69. The quantitative estimate of drug-likeness (QED) is 0.727. The lowest BCUT2D eigenvalue weighted by Crippen LogP contribution is -2.32. The summed E-state index contributed by atoms with van der Waals surface area (Å²) in [4.78, 5) is 21.1. The SMILES string of the molecule is CCON(Cc1ccc(-c2noc(C(F)(F)F)n2)cc1)C(=O)C1CC1C. The normalized spacial score (nSPS) is 19.4. The molecule has 1 fully saturated rings. The van der Waals surface area contributed by atoms with E-state index in [1.54, 1.807) is 31.2 Å². The monoisotopic (exact) mass is 369 g/mol. The molecule has 1 amide bonds. The predicted molar refractivity (Wildman–Crippen MR) is 84.2 cm³/mol. The number of hydrogen-bond donors (Lipinski definition) is 0. The van der Waals surface area contributed by atoms with E-state index in [2.05, 4.69) is 14.7 Å². The van der Waals surface area contributed by atoms with Gasteiger partial charge in [-0.2, -0.15) is 18.2 Å². The molecule has 9 heteroatoms. The van der Waals surface area contributed by atoms with Crippen molar-refractivity contribution in [1.82, 2.24) is 15.2 Å². The smallest absolute Gasteiger partial charge is 0.329 e. The number of halogens is 3. The Morgan fingerprint density at radius 3 is 2.50 bits per heavy atom. The third-order valence-electron chi connectivity index (χ3n) is 4.16. The first-order valence-electron chi connectivity index (χ1n) is 8.24. The van der Waals surface area contributed by atoms with Gasteiger partial charge >= 0.3 is 12.1 Å². The van der Waals surface area contributed by atoms with Crippen LogP contribution >= 0.6 is 0 Å². The Morgan fingerprint density at radius 1 is 1.35 bits per heavy atom. The van der Waals surface area contributed by atoms with E-state index >= 15 is 0 Å². The van der Waals surface area contributed by atoms with Crippen molar-refractivity contribution < 1.29 is 27.3 Å². The van der Waals surface area contributed by atoms with Crippen molar-refractivity contribution in [1.29, 1.82) is 0 Å². The van der Waals surface area contributed by atoms with Gasteiger partial charge in [-0.15, -0.1) is 0 Å². The number of benzene rings is 1. The van der Waals surface area contributed by atoms with Crippen LogP contribution in [0.2, 0.25) is 0 Å². The highest BCUT2D eigenvalue weighted by atomic mass is 19.4. The molecule has 0 spiro atoms. The van der Waals surface area contributed by atoms with Crippen LogP contribution in [0.15, 0.2) is 28.8 Å². The van der Waals surface area contributed by atoms with Crippen molar-refractivity contribution in [3.63, 3.8) is 0 Å². The van der Waals surface area contributed by atoms with Gasteiger partial charge in [0.2, 0.25) is 11.7 Å². The van der Waals surface area contributed by atoms with Gasteiger partial charge < -0.3 is 4.52 Å². The maximum Gasteiger partial charge on any atom is 0.471 e. The summed E-state index contributed by atoms with van der Waals surface area (Å²) in [6.45, 7) is 4.44. The van der Waals surface area contributed by atoms with E-state index in [0.717, 1.165) is 12.0 Å². The summed E-state index contributed by atoms with van der Waals surface area (Å²) in [5.41, 5.74) is 1.17. The van der Waals surface area contributed by atoms with Gasteiger partial charge in [0.15, 0.2) is 0 Å². The minimum absolute atomic E-state index is 0.000873. The Labute approximate surface area is 147 Å². The second-order valence-corrected chi connectivity index (χ2v) is 6.23. The average Bonchev–Trinajstić information content (AvgIpc) is 3.10. The molecule has 0 aliphatic heterocycles. The standard InChI is InChI=1S/C17H18F3N3O3/c1-3-25-23(15(24)13-8-10(13)2)9-11-4-6-12(7-5-11)14-21-16(26-22-14)17(18,19)20/h4-7,10,13H,3,8-9H2,1-2H3. The van der Waals surface area contributed by atoms with Gasteiger partial charge in [-0.05, 0) is 24.8 Å². The Morgan fingerprint density at radius 2 is 2.00 bits per heavy atom. The summed E-state index contributed by atoms with van der Waals surface area (Å²) in [5, 5.41) is 4.69. The zero-order valence-corrected chi connectivity index (χ0v) is 14.3. The number of amides is 1. The number of nitrogens with zero attached hydrogens (tertiary/aromatic N) is 3. The highest BCUT2D eigenvalue weighted by molar-refractivity contribution is 5.80. The van der Waals surface area contributed by atoms with Crippen molar-refractivity contribution in [2.24, 2.45) is 11.8 Å².